The fourth-order valence-corrected chi connectivity index (χ4v) is 1.58. The van der Waals surface area contributed by atoms with Crippen molar-refractivity contribution in [1.29, 1.82) is 0 Å². The number of carbonyl (C=O) groups excluding carboxylic acids is 1. The largest absolute Gasteiger partial charge is 0.494 e. The topological polar surface area (TPSA) is 44.8 Å². The molecule has 0 aliphatic heterocycles. The maximum absolute atomic E-state index is 10.5. The van der Waals surface area contributed by atoms with Gasteiger partial charge in [-0.25, -0.2) is 0 Å². The van der Waals surface area contributed by atoms with E-state index in [1.54, 1.807) is 38.5 Å². The molecule has 0 atom stereocenters. The number of hydrogen-bond acceptors (Lipinski definition) is 4. The van der Waals surface area contributed by atoms with E-state index in [0.717, 1.165) is 31.3 Å². The van der Waals surface area contributed by atoms with Gasteiger partial charge in [0.05, 0.1) is 6.61 Å². The maximum Gasteiger partial charge on any atom is 0.156 e. The van der Waals surface area contributed by atoms with E-state index in [-0.39, 0.29) is 6.29 Å². The molecule has 0 bridgehead atoms. The molecule has 0 aliphatic carbocycles. The van der Waals surface area contributed by atoms with Gasteiger partial charge in [0.25, 0.3) is 0 Å². The molecule has 1 aromatic carbocycles. The Balaban J connectivity index is 2.15. The van der Waals surface area contributed by atoms with Crippen LogP contribution < -0.4 is 4.74 Å². The quantitative estimate of drug-likeness (QED) is 0.385. The minimum atomic E-state index is -0.128. The van der Waals surface area contributed by atoms with Gasteiger partial charge in [0, 0.05) is 19.8 Å². The van der Waals surface area contributed by atoms with Gasteiger partial charge in [0.2, 0.25) is 0 Å². The second kappa shape index (κ2) is 8.66. The summed E-state index contributed by atoms with van der Waals surface area (Å²) in [4.78, 5) is 10.5. The summed E-state index contributed by atoms with van der Waals surface area (Å²) in [7, 11) is 3.28. The van der Waals surface area contributed by atoms with Gasteiger partial charge in [-0.2, -0.15) is 0 Å². The lowest BCUT2D eigenvalue weighted by molar-refractivity contribution is -0.107. The van der Waals surface area contributed by atoms with Crippen molar-refractivity contribution in [1.82, 2.24) is 0 Å². The highest BCUT2D eigenvalue weighted by molar-refractivity contribution is 5.74. The summed E-state index contributed by atoms with van der Waals surface area (Å²) in [6.45, 7) is 0.653. The predicted molar refractivity (Wildman–Crippen MR) is 69.0 cm³/mol. The van der Waals surface area contributed by atoms with Crippen LogP contribution in [0.1, 0.15) is 29.6 Å². The van der Waals surface area contributed by atoms with Gasteiger partial charge < -0.3 is 14.2 Å². The van der Waals surface area contributed by atoms with Crippen molar-refractivity contribution in [3.63, 3.8) is 0 Å². The molecule has 0 saturated carbocycles. The molecule has 1 aromatic rings. The van der Waals surface area contributed by atoms with Crippen LogP contribution in [0.5, 0.6) is 5.75 Å². The van der Waals surface area contributed by atoms with E-state index in [4.69, 9.17) is 14.2 Å². The first-order valence-corrected chi connectivity index (χ1v) is 6.03. The lowest BCUT2D eigenvalue weighted by Crippen LogP contribution is -2.12. The molecule has 0 heterocycles. The van der Waals surface area contributed by atoms with Gasteiger partial charge >= 0.3 is 0 Å². The number of rotatable bonds is 9. The highest BCUT2D eigenvalue weighted by Gasteiger charge is 2.03. The summed E-state index contributed by atoms with van der Waals surface area (Å²) in [5.74, 6) is 0.788. The predicted octanol–water partition coefficient (Wildman–Crippen LogP) is 2.67. The first-order chi connectivity index (χ1) is 8.80. The van der Waals surface area contributed by atoms with Crippen LogP contribution in [0.3, 0.4) is 0 Å². The van der Waals surface area contributed by atoms with E-state index in [1.807, 2.05) is 0 Å². The normalized spacial score (nSPS) is 10.6. The van der Waals surface area contributed by atoms with E-state index in [9.17, 15) is 4.79 Å². The summed E-state index contributed by atoms with van der Waals surface area (Å²) in [6.07, 6.45) is 3.48. The van der Waals surface area contributed by atoms with Crippen molar-refractivity contribution in [2.24, 2.45) is 0 Å². The summed E-state index contributed by atoms with van der Waals surface area (Å²) in [5.41, 5.74) is 0.658. The average Bonchev–Trinajstić information content (AvgIpc) is 2.43. The van der Waals surface area contributed by atoms with Crippen molar-refractivity contribution >= 4 is 6.29 Å². The van der Waals surface area contributed by atoms with Crippen molar-refractivity contribution in [2.75, 3.05) is 20.8 Å². The van der Waals surface area contributed by atoms with E-state index in [1.165, 1.54) is 0 Å². The fourth-order valence-electron chi connectivity index (χ4n) is 1.58. The molecule has 0 fully saturated rings. The van der Waals surface area contributed by atoms with Gasteiger partial charge in [0.1, 0.15) is 12.0 Å². The smallest absolute Gasteiger partial charge is 0.156 e. The number of unbranched alkanes of at least 4 members (excludes halogenated alkanes) is 1. The van der Waals surface area contributed by atoms with E-state index < -0.39 is 0 Å². The Kier molecular flexibility index (Phi) is 7.06. The number of ether oxygens (including phenoxy) is 3. The summed E-state index contributed by atoms with van der Waals surface area (Å²) in [5, 5.41) is 0. The standard InChI is InChI=1S/C14H20O4/c1-16-14(17-2)5-3-4-10-18-13-8-6-12(11-15)7-9-13/h6-9,11,14H,3-5,10H2,1-2H3. The minimum absolute atomic E-state index is 0.128. The second-order valence-electron chi connectivity index (χ2n) is 3.93. The van der Waals surface area contributed by atoms with E-state index in [2.05, 4.69) is 0 Å². The molecule has 0 amide bonds. The molecule has 1 rings (SSSR count). The Morgan fingerprint density at radius 2 is 1.78 bits per heavy atom. The SMILES string of the molecule is COC(CCCCOc1ccc(C=O)cc1)OC. The third-order valence-corrected chi connectivity index (χ3v) is 2.64. The van der Waals surface area contributed by atoms with Crippen molar-refractivity contribution in [3.05, 3.63) is 29.8 Å². The molecule has 0 spiro atoms. The van der Waals surface area contributed by atoms with E-state index >= 15 is 0 Å². The molecule has 0 saturated heterocycles. The zero-order valence-electron chi connectivity index (χ0n) is 10.9. The van der Waals surface area contributed by atoms with Gasteiger partial charge in [0.15, 0.2) is 6.29 Å². The monoisotopic (exact) mass is 252 g/mol. The first kappa shape index (κ1) is 14.7. The van der Waals surface area contributed by atoms with Crippen LogP contribution in [-0.2, 0) is 9.47 Å². The number of methoxy groups -OCH3 is 2. The van der Waals surface area contributed by atoms with Crippen LogP contribution in [0.2, 0.25) is 0 Å². The Morgan fingerprint density at radius 3 is 2.33 bits per heavy atom. The van der Waals surface area contributed by atoms with Crippen molar-refractivity contribution < 1.29 is 19.0 Å². The molecule has 4 heteroatoms. The molecular formula is C14H20O4. The van der Waals surface area contributed by atoms with Crippen LogP contribution in [0.15, 0.2) is 24.3 Å². The zero-order valence-corrected chi connectivity index (χ0v) is 10.9. The third-order valence-electron chi connectivity index (χ3n) is 2.64. The van der Waals surface area contributed by atoms with Crippen LogP contribution in [-0.4, -0.2) is 33.4 Å². The summed E-state index contributed by atoms with van der Waals surface area (Å²) >= 11 is 0. The van der Waals surface area contributed by atoms with Gasteiger partial charge in [-0.15, -0.1) is 0 Å². The number of benzene rings is 1. The van der Waals surface area contributed by atoms with Crippen LogP contribution in [0.4, 0.5) is 0 Å². The van der Waals surface area contributed by atoms with Crippen LogP contribution >= 0.6 is 0 Å². The average molecular weight is 252 g/mol. The number of hydrogen-bond donors (Lipinski definition) is 0. The lowest BCUT2D eigenvalue weighted by Gasteiger charge is -2.12. The molecular weight excluding hydrogens is 232 g/mol. The molecule has 0 aromatic heterocycles. The lowest BCUT2D eigenvalue weighted by atomic mass is 10.2. The van der Waals surface area contributed by atoms with Gasteiger partial charge in [-0.1, -0.05) is 0 Å². The van der Waals surface area contributed by atoms with Crippen LogP contribution in [0.25, 0.3) is 0 Å². The Bertz CT molecular complexity index is 330. The Morgan fingerprint density at radius 1 is 1.11 bits per heavy atom. The van der Waals surface area contributed by atoms with Crippen molar-refractivity contribution in [3.8, 4) is 5.75 Å². The third kappa shape index (κ3) is 5.29. The fraction of sp³-hybridized carbons (Fsp3) is 0.500. The molecule has 18 heavy (non-hydrogen) atoms. The van der Waals surface area contributed by atoms with Gasteiger partial charge in [-0.3, -0.25) is 4.79 Å². The molecule has 0 N–H and O–H groups in total. The number of carbonyl (C=O) groups is 1. The molecule has 0 radical (unpaired) electrons. The minimum Gasteiger partial charge on any atom is -0.494 e. The Hall–Kier alpha value is -1.39. The second-order valence-corrected chi connectivity index (χ2v) is 3.93. The van der Waals surface area contributed by atoms with E-state index in [0.29, 0.717) is 12.2 Å². The summed E-state index contributed by atoms with van der Waals surface area (Å²) < 4.78 is 15.7. The summed E-state index contributed by atoms with van der Waals surface area (Å²) in [6, 6.07) is 7.09. The zero-order chi connectivity index (χ0) is 13.2. The number of aldehydes is 1. The Labute approximate surface area is 108 Å². The first-order valence-electron chi connectivity index (χ1n) is 6.03. The maximum atomic E-state index is 10.5. The van der Waals surface area contributed by atoms with Crippen LogP contribution in [0, 0.1) is 0 Å². The van der Waals surface area contributed by atoms with Gasteiger partial charge in [-0.05, 0) is 43.5 Å². The molecule has 4 nitrogen and oxygen atoms in total. The highest BCUT2D eigenvalue weighted by Crippen LogP contribution is 2.12. The van der Waals surface area contributed by atoms with Crippen molar-refractivity contribution in [2.45, 2.75) is 25.6 Å². The molecule has 100 valence electrons. The molecule has 0 aliphatic rings. The highest BCUT2D eigenvalue weighted by atomic mass is 16.7. The molecule has 0 unspecified atom stereocenters.